The monoisotopic (exact) mass is 424 g/mol. The second-order valence-electron chi connectivity index (χ2n) is 8.29. The van der Waals surface area contributed by atoms with E-state index >= 15 is 0 Å². The van der Waals surface area contributed by atoms with Gasteiger partial charge in [0, 0.05) is 11.6 Å². The van der Waals surface area contributed by atoms with Crippen LogP contribution in [0.4, 0.5) is 0 Å². The van der Waals surface area contributed by atoms with Gasteiger partial charge >= 0.3 is 0 Å². The summed E-state index contributed by atoms with van der Waals surface area (Å²) in [5, 5.41) is 0. The number of ketones is 1. The molecule has 7 heteroatoms. The summed E-state index contributed by atoms with van der Waals surface area (Å²) in [5.74, 6) is 2.67. The summed E-state index contributed by atoms with van der Waals surface area (Å²) in [6, 6.07) is 5.25. The number of methoxy groups -OCH3 is 3. The van der Waals surface area contributed by atoms with E-state index in [2.05, 4.69) is 0 Å². The first-order chi connectivity index (χ1) is 14.9. The standard InChI is InChI=1S/C24H24O7/c1-24(2)7-6-12-22-14(9-18(28-5)23(12)31-24)21(25)20-13-8-16(26-3)17(27-4)10-15(13)29-11-19(20)30-22/h6-10,19-20H,11H2,1-5H3/t19-,20-/m1/s1. The minimum absolute atomic E-state index is 0.0534. The molecule has 3 aliphatic rings. The zero-order valence-electron chi connectivity index (χ0n) is 18.1. The average Bonchev–Trinajstić information content (AvgIpc) is 2.76. The Bertz CT molecular complexity index is 1120. The van der Waals surface area contributed by atoms with Gasteiger partial charge in [-0.25, -0.2) is 0 Å². The largest absolute Gasteiger partial charge is 0.493 e. The zero-order valence-corrected chi connectivity index (χ0v) is 18.1. The lowest BCUT2D eigenvalue weighted by Gasteiger charge is -2.39. The minimum Gasteiger partial charge on any atom is -0.493 e. The van der Waals surface area contributed by atoms with Gasteiger partial charge in [-0.1, -0.05) is 0 Å². The van der Waals surface area contributed by atoms with Crippen LogP contribution in [0.25, 0.3) is 6.08 Å². The lowest BCUT2D eigenvalue weighted by atomic mass is 9.81. The molecule has 0 saturated heterocycles. The van der Waals surface area contributed by atoms with E-state index in [1.54, 1.807) is 39.5 Å². The second-order valence-corrected chi connectivity index (χ2v) is 8.29. The molecule has 0 bridgehead atoms. The van der Waals surface area contributed by atoms with Crippen molar-refractivity contribution in [3.63, 3.8) is 0 Å². The van der Waals surface area contributed by atoms with Gasteiger partial charge in [0.1, 0.15) is 29.8 Å². The number of hydrogen-bond acceptors (Lipinski definition) is 7. The summed E-state index contributed by atoms with van der Waals surface area (Å²) in [6.45, 7) is 4.16. The number of benzene rings is 2. The SMILES string of the molecule is COc1cc2c(cc1OC)[C@H]1C(=O)c3cc(OC)c4c(c3O[C@@H]1CO2)C=CC(C)(C)O4. The highest BCUT2D eigenvalue weighted by Gasteiger charge is 2.45. The Balaban J connectivity index is 1.65. The maximum absolute atomic E-state index is 13.7. The van der Waals surface area contributed by atoms with E-state index in [-0.39, 0.29) is 12.4 Å². The van der Waals surface area contributed by atoms with Gasteiger partial charge in [0.05, 0.1) is 38.4 Å². The zero-order chi connectivity index (χ0) is 21.9. The van der Waals surface area contributed by atoms with Crippen LogP contribution >= 0.6 is 0 Å². The van der Waals surface area contributed by atoms with Crippen LogP contribution in [0.15, 0.2) is 24.3 Å². The molecule has 2 atom stereocenters. The molecule has 31 heavy (non-hydrogen) atoms. The van der Waals surface area contributed by atoms with Crippen LogP contribution in [0.2, 0.25) is 0 Å². The molecule has 162 valence electrons. The number of carbonyl (C=O) groups is 1. The lowest BCUT2D eigenvalue weighted by Crippen LogP contribution is -2.43. The minimum atomic E-state index is -0.524. The fraction of sp³-hybridized carbons (Fsp3) is 0.375. The maximum Gasteiger partial charge on any atom is 0.178 e. The molecule has 5 rings (SSSR count). The highest BCUT2D eigenvalue weighted by Crippen LogP contribution is 2.52. The number of rotatable bonds is 3. The van der Waals surface area contributed by atoms with E-state index in [0.29, 0.717) is 51.2 Å². The Morgan fingerprint density at radius 3 is 2.39 bits per heavy atom. The summed E-state index contributed by atoms with van der Waals surface area (Å²) in [5.41, 5.74) is 1.40. The molecular weight excluding hydrogens is 400 g/mol. The van der Waals surface area contributed by atoms with Crippen molar-refractivity contribution < 1.29 is 33.2 Å². The van der Waals surface area contributed by atoms with Crippen LogP contribution in [0, 0.1) is 0 Å². The third-order valence-electron chi connectivity index (χ3n) is 5.91. The summed E-state index contributed by atoms with van der Waals surface area (Å²) in [7, 11) is 4.69. The molecule has 0 N–H and O–H groups in total. The van der Waals surface area contributed by atoms with Crippen LogP contribution in [-0.2, 0) is 0 Å². The first kappa shape index (κ1) is 19.6. The van der Waals surface area contributed by atoms with Gasteiger partial charge < -0.3 is 28.4 Å². The third-order valence-corrected chi connectivity index (χ3v) is 5.91. The van der Waals surface area contributed by atoms with Gasteiger partial charge in [-0.15, -0.1) is 0 Å². The topological polar surface area (TPSA) is 72.5 Å². The number of carbonyl (C=O) groups excluding carboxylic acids is 1. The van der Waals surface area contributed by atoms with Crippen LogP contribution in [0.5, 0.6) is 34.5 Å². The van der Waals surface area contributed by atoms with Gasteiger partial charge in [-0.05, 0) is 38.1 Å². The highest BCUT2D eigenvalue weighted by molar-refractivity contribution is 6.07. The maximum atomic E-state index is 13.7. The second kappa shape index (κ2) is 6.83. The van der Waals surface area contributed by atoms with Crippen molar-refractivity contribution in [1.82, 2.24) is 0 Å². The summed E-state index contributed by atoms with van der Waals surface area (Å²) in [6.07, 6.45) is 3.41. The van der Waals surface area contributed by atoms with E-state index < -0.39 is 17.6 Å². The van der Waals surface area contributed by atoms with E-state index in [4.69, 9.17) is 28.4 Å². The van der Waals surface area contributed by atoms with Crippen molar-refractivity contribution >= 4 is 11.9 Å². The first-order valence-electron chi connectivity index (χ1n) is 10.1. The molecular formula is C24H24O7. The molecule has 3 heterocycles. The van der Waals surface area contributed by atoms with Gasteiger partial charge in [-0.2, -0.15) is 0 Å². The smallest absolute Gasteiger partial charge is 0.178 e. The number of hydrogen-bond donors (Lipinski definition) is 0. The van der Waals surface area contributed by atoms with E-state index in [0.717, 1.165) is 0 Å². The Kier molecular flexibility index (Phi) is 4.32. The van der Waals surface area contributed by atoms with Crippen molar-refractivity contribution in [2.24, 2.45) is 0 Å². The van der Waals surface area contributed by atoms with Crippen LogP contribution < -0.4 is 28.4 Å². The van der Waals surface area contributed by atoms with E-state index in [1.807, 2.05) is 26.0 Å². The van der Waals surface area contributed by atoms with E-state index in [1.165, 1.54) is 0 Å². The van der Waals surface area contributed by atoms with Crippen molar-refractivity contribution in [3.8, 4) is 34.5 Å². The van der Waals surface area contributed by atoms with Crippen molar-refractivity contribution in [2.45, 2.75) is 31.5 Å². The fourth-order valence-corrected chi connectivity index (χ4v) is 4.39. The van der Waals surface area contributed by atoms with Crippen molar-refractivity contribution in [1.29, 1.82) is 0 Å². The average molecular weight is 424 g/mol. The molecule has 0 spiro atoms. The molecule has 0 saturated carbocycles. The molecule has 0 radical (unpaired) electrons. The molecule has 0 aromatic heterocycles. The molecule has 0 unspecified atom stereocenters. The predicted molar refractivity (Wildman–Crippen MR) is 113 cm³/mol. The molecule has 2 aromatic carbocycles. The van der Waals surface area contributed by atoms with Crippen LogP contribution in [-0.4, -0.2) is 45.4 Å². The van der Waals surface area contributed by atoms with Crippen LogP contribution in [0.1, 0.15) is 41.3 Å². The summed E-state index contributed by atoms with van der Waals surface area (Å²) in [4.78, 5) is 13.7. The van der Waals surface area contributed by atoms with Crippen molar-refractivity contribution in [3.05, 3.63) is 41.0 Å². The van der Waals surface area contributed by atoms with E-state index in [9.17, 15) is 4.79 Å². The van der Waals surface area contributed by atoms with Gasteiger partial charge in [0.2, 0.25) is 0 Å². The third kappa shape index (κ3) is 2.91. The number of Topliss-reactive ketones (excluding diaryl/α,β-unsaturated/α-hetero) is 1. The normalized spacial score (nSPS) is 21.9. The number of ether oxygens (including phenoxy) is 6. The summed E-state index contributed by atoms with van der Waals surface area (Å²) >= 11 is 0. The fourth-order valence-electron chi connectivity index (χ4n) is 4.39. The van der Waals surface area contributed by atoms with Gasteiger partial charge in [0.15, 0.2) is 28.8 Å². The summed E-state index contributed by atoms with van der Waals surface area (Å²) < 4.78 is 34.8. The predicted octanol–water partition coefficient (Wildman–Crippen LogP) is 4.02. The number of fused-ring (bicyclic) bond motifs is 6. The Morgan fingerprint density at radius 1 is 0.968 bits per heavy atom. The van der Waals surface area contributed by atoms with Gasteiger partial charge in [0.25, 0.3) is 0 Å². The first-order valence-corrected chi connectivity index (χ1v) is 10.1. The molecule has 0 aliphatic carbocycles. The molecule has 0 amide bonds. The molecule has 2 aromatic rings. The molecule has 7 nitrogen and oxygen atoms in total. The molecule has 0 fully saturated rings. The Labute approximate surface area is 180 Å². The Morgan fingerprint density at radius 2 is 1.68 bits per heavy atom. The quantitative estimate of drug-likeness (QED) is 0.737. The lowest BCUT2D eigenvalue weighted by molar-refractivity contribution is 0.0551. The molecule has 3 aliphatic heterocycles. The van der Waals surface area contributed by atoms with Crippen molar-refractivity contribution in [2.75, 3.05) is 27.9 Å². The van der Waals surface area contributed by atoms with Gasteiger partial charge in [-0.3, -0.25) is 4.79 Å². The van der Waals surface area contributed by atoms with Crippen LogP contribution in [0.3, 0.4) is 0 Å². The Hall–Kier alpha value is -3.35. The highest BCUT2D eigenvalue weighted by atomic mass is 16.6.